The Labute approximate surface area is 220 Å². The monoisotopic (exact) mass is 524 g/mol. The quantitative estimate of drug-likeness (QED) is 0.540. The van der Waals surface area contributed by atoms with Gasteiger partial charge in [-0.3, -0.25) is 19.2 Å². The average Bonchev–Trinajstić information content (AvgIpc) is 3.31. The molecule has 3 N–H and O–H groups in total. The van der Waals surface area contributed by atoms with Gasteiger partial charge >= 0.3 is 0 Å². The van der Waals surface area contributed by atoms with E-state index in [0.29, 0.717) is 23.6 Å². The van der Waals surface area contributed by atoms with E-state index in [2.05, 4.69) is 16.0 Å². The van der Waals surface area contributed by atoms with Crippen LogP contribution in [0.25, 0.3) is 0 Å². The number of amides is 4. The van der Waals surface area contributed by atoms with Crippen molar-refractivity contribution in [1.82, 2.24) is 20.9 Å². The molecule has 0 unspecified atom stereocenters. The maximum Gasteiger partial charge on any atom is 0.258 e. The molecule has 2 aromatic rings. The number of hydrogen-bond donors (Lipinski definition) is 3. The summed E-state index contributed by atoms with van der Waals surface area (Å²) in [4.78, 5) is 51.9. The number of benzene rings is 2. The minimum Gasteiger partial charge on any atom is -0.493 e. The summed E-state index contributed by atoms with van der Waals surface area (Å²) in [6.45, 7) is 3.86. The highest BCUT2D eigenvalue weighted by atomic mass is 16.5. The molecule has 4 amide bonds. The molecule has 38 heavy (non-hydrogen) atoms. The maximum atomic E-state index is 13.2. The fraction of sp³-hybridized carbons (Fsp3) is 0.407. The van der Waals surface area contributed by atoms with E-state index in [1.807, 2.05) is 12.1 Å². The van der Waals surface area contributed by atoms with Crippen molar-refractivity contribution in [3.8, 4) is 17.2 Å². The molecule has 4 bridgehead atoms. The molecule has 0 aliphatic carbocycles. The molecule has 3 heterocycles. The van der Waals surface area contributed by atoms with Crippen LogP contribution in [0.2, 0.25) is 0 Å². The first-order valence-corrected chi connectivity index (χ1v) is 12.4. The second-order valence-electron chi connectivity index (χ2n) is 9.48. The van der Waals surface area contributed by atoms with Gasteiger partial charge in [0, 0.05) is 24.6 Å². The molecule has 1 saturated heterocycles. The molecule has 3 aliphatic rings. The van der Waals surface area contributed by atoms with E-state index in [1.165, 1.54) is 13.2 Å². The molecule has 0 spiro atoms. The van der Waals surface area contributed by atoms with E-state index >= 15 is 0 Å². The number of rotatable bonds is 4. The zero-order chi connectivity index (χ0) is 27.2. The Morgan fingerprint density at radius 3 is 2.61 bits per heavy atom. The van der Waals surface area contributed by atoms with Crippen LogP contribution >= 0.6 is 0 Å². The van der Waals surface area contributed by atoms with Gasteiger partial charge in [-0.25, -0.2) is 0 Å². The molecule has 0 radical (unpaired) electrons. The van der Waals surface area contributed by atoms with Crippen molar-refractivity contribution in [2.45, 2.75) is 32.5 Å². The predicted molar refractivity (Wildman–Crippen MR) is 137 cm³/mol. The Balaban J connectivity index is 1.58. The number of fused-ring (bicyclic) bond motifs is 7. The standard InChI is InChI=1S/C27H32N4O7/c1-16(2)26(34)29-12-25(33)31-13-20-23(14-31)38-19-7-4-17(5-8-19)11-28-24(32)15-37-22-10-18(27(35)30-20)6-9-21(22)36-3/h4-10,16,20,23H,11-15H2,1-3H3,(H,28,32)(H,29,34)(H,30,35)/t20-,23-/m0/s1. The Morgan fingerprint density at radius 1 is 1.13 bits per heavy atom. The second kappa shape index (κ2) is 11.8. The first-order valence-electron chi connectivity index (χ1n) is 12.4. The summed E-state index contributed by atoms with van der Waals surface area (Å²) in [6, 6.07) is 11.4. The van der Waals surface area contributed by atoms with Gasteiger partial charge in [-0.1, -0.05) is 26.0 Å². The van der Waals surface area contributed by atoms with Crippen molar-refractivity contribution in [1.29, 1.82) is 0 Å². The molecule has 0 saturated carbocycles. The first kappa shape index (κ1) is 26.8. The molecule has 11 nitrogen and oxygen atoms in total. The average molecular weight is 525 g/mol. The highest BCUT2D eigenvalue weighted by Crippen LogP contribution is 2.28. The van der Waals surface area contributed by atoms with Gasteiger partial charge in [-0.2, -0.15) is 0 Å². The summed E-state index contributed by atoms with van der Waals surface area (Å²) in [5.41, 5.74) is 1.16. The number of likely N-dealkylation sites (tertiary alicyclic amines) is 1. The maximum absolute atomic E-state index is 13.2. The summed E-state index contributed by atoms with van der Waals surface area (Å²) < 4.78 is 17.2. The predicted octanol–water partition coefficient (Wildman–Crippen LogP) is 0.864. The molecule has 5 rings (SSSR count). The zero-order valence-corrected chi connectivity index (χ0v) is 21.6. The second-order valence-corrected chi connectivity index (χ2v) is 9.48. The first-order chi connectivity index (χ1) is 18.2. The lowest BCUT2D eigenvalue weighted by atomic mass is 10.1. The van der Waals surface area contributed by atoms with Crippen LogP contribution in [0.4, 0.5) is 0 Å². The highest BCUT2D eigenvalue weighted by molar-refractivity contribution is 5.95. The minimum atomic E-state index is -0.529. The minimum absolute atomic E-state index is 0.135. The van der Waals surface area contributed by atoms with Crippen LogP contribution < -0.4 is 30.2 Å². The Hall–Kier alpha value is -4.28. The van der Waals surface area contributed by atoms with E-state index in [4.69, 9.17) is 14.2 Å². The number of hydrogen-bond acceptors (Lipinski definition) is 7. The third kappa shape index (κ3) is 6.53. The van der Waals surface area contributed by atoms with Crippen molar-refractivity contribution in [3.63, 3.8) is 0 Å². The number of carbonyl (C=O) groups is 4. The summed E-state index contributed by atoms with van der Waals surface area (Å²) in [5.74, 6) is -0.246. The van der Waals surface area contributed by atoms with E-state index in [1.54, 1.807) is 43.0 Å². The molecule has 0 aromatic heterocycles. The van der Waals surface area contributed by atoms with Crippen LogP contribution in [0.15, 0.2) is 42.5 Å². The lowest BCUT2D eigenvalue weighted by Crippen LogP contribution is -2.45. The summed E-state index contributed by atoms with van der Waals surface area (Å²) in [7, 11) is 1.47. The van der Waals surface area contributed by atoms with Crippen molar-refractivity contribution >= 4 is 23.6 Å². The number of methoxy groups -OCH3 is 1. The molecule has 3 aliphatic heterocycles. The normalized spacial score (nSPS) is 19.4. The van der Waals surface area contributed by atoms with Gasteiger partial charge in [0.2, 0.25) is 11.8 Å². The molecule has 11 heteroatoms. The summed E-state index contributed by atoms with van der Waals surface area (Å²) >= 11 is 0. The van der Waals surface area contributed by atoms with Crippen molar-refractivity contribution in [2.75, 3.05) is 33.4 Å². The smallest absolute Gasteiger partial charge is 0.258 e. The van der Waals surface area contributed by atoms with Crippen LogP contribution in [-0.2, 0) is 20.9 Å². The highest BCUT2D eigenvalue weighted by Gasteiger charge is 2.38. The molecule has 202 valence electrons. The zero-order valence-electron chi connectivity index (χ0n) is 21.6. The van der Waals surface area contributed by atoms with Crippen LogP contribution in [0, 0.1) is 5.92 Å². The van der Waals surface area contributed by atoms with Crippen LogP contribution in [0.3, 0.4) is 0 Å². The Morgan fingerprint density at radius 2 is 1.89 bits per heavy atom. The van der Waals surface area contributed by atoms with Gasteiger partial charge in [0.05, 0.1) is 26.2 Å². The molecule has 2 aromatic carbocycles. The van der Waals surface area contributed by atoms with Crippen LogP contribution in [-0.4, -0.2) is 74.0 Å². The van der Waals surface area contributed by atoms with Crippen molar-refractivity contribution < 1.29 is 33.4 Å². The summed E-state index contributed by atoms with van der Waals surface area (Å²) in [5, 5.41) is 8.40. The fourth-order valence-electron chi connectivity index (χ4n) is 4.15. The Kier molecular flexibility index (Phi) is 8.35. The number of carbonyl (C=O) groups excluding carboxylic acids is 4. The van der Waals surface area contributed by atoms with Gasteiger partial charge in [-0.15, -0.1) is 0 Å². The molecular formula is C27H32N4O7. The molecule has 2 atom stereocenters. The summed E-state index contributed by atoms with van der Waals surface area (Å²) in [6.07, 6.45) is -0.529. The third-order valence-corrected chi connectivity index (χ3v) is 6.36. The van der Waals surface area contributed by atoms with Crippen LogP contribution in [0.5, 0.6) is 17.2 Å². The van der Waals surface area contributed by atoms with E-state index in [-0.39, 0.29) is 55.6 Å². The lowest BCUT2D eigenvalue weighted by molar-refractivity contribution is -0.133. The van der Waals surface area contributed by atoms with Crippen molar-refractivity contribution in [3.05, 3.63) is 53.6 Å². The van der Waals surface area contributed by atoms with Crippen LogP contribution in [0.1, 0.15) is 29.8 Å². The number of nitrogens with one attached hydrogen (secondary N) is 3. The van der Waals surface area contributed by atoms with Gasteiger partial charge in [0.1, 0.15) is 11.9 Å². The number of nitrogens with zero attached hydrogens (tertiary/aromatic N) is 1. The van der Waals surface area contributed by atoms with E-state index in [0.717, 1.165) is 5.56 Å². The van der Waals surface area contributed by atoms with Crippen molar-refractivity contribution in [2.24, 2.45) is 5.92 Å². The fourth-order valence-corrected chi connectivity index (χ4v) is 4.15. The van der Waals surface area contributed by atoms with Gasteiger partial charge in [-0.05, 0) is 35.9 Å². The number of ether oxygens (including phenoxy) is 3. The lowest BCUT2D eigenvalue weighted by Gasteiger charge is -2.21. The van der Waals surface area contributed by atoms with E-state index < -0.39 is 18.1 Å². The largest absolute Gasteiger partial charge is 0.493 e. The van der Waals surface area contributed by atoms with E-state index in [9.17, 15) is 19.2 Å². The van der Waals surface area contributed by atoms with Gasteiger partial charge in [0.25, 0.3) is 11.8 Å². The Bertz CT molecular complexity index is 1200. The molecule has 1 fully saturated rings. The molecular weight excluding hydrogens is 492 g/mol. The topological polar surface area (TPSA) is 135 Å². The third-order valence-electron chi connectivity index (χ3n) is 6.36. The SMILES string of the molecule is COc1ccc2cc1OCC(=O)NCc1ccc(cc1)O[C@H]1CN(C(=O)CNC(=O)C(C)C)C[C@@H]1NC2=O. The van der Waals surface area contributed by atoms with Gasteiger partial charge in [0.15, 0.2) is 18.1 Å². The van der Waals surface area contributed by atoms with Gasteiger partial charge < -0.3 is 35.1 Å².